The van der Waals surface area contributed by atoms with Gasteiger partial charge in [0.15, 0.2) is 6.10 Å². The number of carbonyl (C=O) groups excluding carboxylic acids is 3. The Bertz CT molecular complexity index is 444. The molecule has 6 nitrogen and oxygen atoms in total. The van der Waals surface area contributed by atoms with E-state index < -0.39 is 18.0 Å². The number of hydrogen-bond donors (Lipinski definition) is 0. The van der Waals surface area contributed by atoms with Crippen LogP contribution < -0.4 is 0 Å². The molecule has 0 saturated carbocycles. The first kappa shape index (κ1) is 25.1. The van der Waals surface area contributed by atoms with Gasteiger partial charge < -0.3 is 14.2 Å². The van der Waals surface area contributed by atoms with Crippen molar-refractivity contribution in [2.45, 2.75) is 91.1 Å². The summed E-state index contributed by atoms with van der Waals surface area (Å²) in [7, 11) is 0. The van der Waals surface area contributed by atoms with Gasteiger partial charge in [-0.05, 0) is 25.7 Å². The Balaban J connectivity index is 3.69. The third kappa shape index (κ3) is 18.7. The lowest BCUT2D eigenvalue weighted by atomic mass is 10.1. The lowest BCUT2D eigenvalue weighted by Gasteiger charge is -2.16. The van der Waals surface area contributed by atoms with Gasteiger partial charge in [0.05, 0.1) is 0 Å². The van der Waals surface area contributed by atoms with Crippen LogP contribution in [0.1, 0.15) is 85.0 Å². The first-order chi connectivity index (χ1) is 13.0. The molecule has 0 aromatic carbocycles. The van der Waals surface area contributed by atoms with E-state index >= 15 is 0 Å². The normalized spacial score (nSPS) is 12.0. The molecule has 0 heterocycles. The van der Waals surface area contributed by atoms with Crippen LogP contribution in [0.15, 0.2) is 12.2 Å². The molecule has 0 aromatic heterocycles. The van der Waals surface area contributed by atoms with Gasteiger partial charge >= 0.3 is 17.9 Å². The van der Waals surface area contributed by atoms with Gasteiger partial charge in [-0.3, -0.25) is 14.4 Å². The molecular weight excluding hydrogens is 348 g/mol. The highest BCUT2D eigenvalue weighted by Crippen LogP contribution is 2.09. The summed E-state index contributed by atoms with van der Waals surface area (Å²) in [5.74, 6) is -1.31. The van der Waals surface area contributed by atoms with E-state index in [1.54, 1.807) is 0 Å². The summed E-state index contributed by atoms with van der Waals surface area (Å²) in [6, 6.07) is 0. The van der Waals surface area contributed by atoms with E-state index in [1.807, 2.05) is 0 Å². The van der Waals surface area contributed by atoms with Crippen LogP contribution in [0.4, 0.5) is 0 Å². The Kier molecular flexibility index (Phi) is 16.4. The fourth-order valence-electron chi connectivity index (χ4n) is 2.44. The van der Waals surface area contributed by atoms with Gasteiger partial charge in [-0.1, -0.05) is 51.2 Å². The van der Waals surface area contributed by atoms with Gasteiger partial charge in [0.25, 0.3) is 0 Å². The van der Waals surface area contributed by atoms with Gasteiger partial charge in [-0.2, -0.15) is 0 Å². The zero-order chi connectivity index (χ0) is 20.3. The Hall–Kier alpha value is -1.85. The van der Waals surface area contributed by atoms with Crippen molar-refractivity contribution in [1.82, 2.24) is 0 Å². The fraction of sp³-hybridized carbons (Fsp3) is 0.762. The van der Waals surface area contributed by atoms with Gasteiger partial charge in [-0.25, -0.2) is 0 Å². The topological polar surface area (TPSA) is 78.9 Å². The van der Waals surface area contributed by atoms with Crippen LogP contribution in [-0.4, -0.2) is 37.2 Å². The molecule has 0 amide bonds. The van der Waals surface area contributed by atoms with E-state index in [9.17, 15) is 14.4 Å². The maximum atomic E-state index is 11.8. The Morgan fingerprint density at radius 1 is 0.778 bits per heavy atom. The Morgan fingerprint density at radius 3 is 2.00 bits per heavy atom. The molecule has 0 aliphatic heterocycles. The summed E-state index contributed by atoms with van der Waals surface area (Å²) >= 11 is 0. The van der Waals surface area contributed by atoms with Crippen LogP contribution in [0.5, 0.6) is 0 Å². The number of esters is 3. The van der Waals surface area contributed by atoms with Crippen molar-refractivity contribution in [3.63, 3.8) is 0 Å². The highest BCUT2D eigenvalue weighted by molar-refractivity contribution is 5.69. The summed E-state index contributed by atoms with van der Waals surface area (Å²) in [6.45, 7) is 4.50. The van der Waals surface area contributed by atoms with Crippen molar-refractivity contribution in [1.29, 1.82) is 0 Å². The summed E-state index contributed by atoms with van der Waals surface area (Å²) in [5.41, 5.74) is 0. The Labute approximate surface area is 163 Å². The number of carbonyl (C=O) groups is 3. The molecule has 0 aliphatic rings. The molecule has 0 aliphatic carbocycles. The van der Waals surface area contributed by atoms with E-state index in [2.05, 4.69) is 19.1 Å². The summed E-state index contributed by atoms with van der Waals surface area (Å²) in [5, 5.41) is 0. The first-order valence-corrected chi connectivity index (χ1v) is 10.1. The molecule has 6 heteroatoms. The zero-order valence-electron chi connectivity index (χ0n) is 17.2. The summed E-state index contributed by atoms with van der Waals surface area (Å²) in [6.07, 6.45) is 14.2. The minimum absolute atomic E-state index is 0.101. The van der Waals surface area contributed by atoms with Crippen LogP contribution in [-0.2, 0) is 28.6 Å². The van der Waals surface area contributed by atoms with Crippen LogP contribution >= 0.6 is 0 Å². The van der Waals surface area contributed by atoms with E-state index in [-0.39, 0.29) is 19.2 Å². The second-order valence-corrected chi connectivity index (χ2v) is 6.64. The molecule has 0 aromatic rings. The number of rotatable bonds is 16. The van der Waals surface area contributed by atoms with Crippen molar-refractivity contribution < 1.29 is 28.6 Å². The molecule has 156 valence electrons. The average molecular weight is 385 g/mol. The van der Waals surface area contributed by atoms with Gasteiger partial charge in [0.1, 0.15) is 13.2 Å². The predicted octanol–water partition coefficient (Wildman–Crippen LogP) is 4.50. The minimum Gasteiger partial charge on any atom is -0.462 e. The fourth-order valence-corrected chi connectivity index (χ4v) is 2.44. The second kappa shape index (κ2) is 17.6. The quantitative estimate of drug-likeness (QED) is 0.169. The Morgan fingerprint density at radius 2 is 1.37 bits per heavy atom. The maximum absolute atomic E-state index is 11.8. The van der Waals surface area contributed by atoms with E-state index in [4.69, 9.17) is 14.2 Å². The predicted molar refractivity (Wildman–Crippen MR) is 104 cm³/mol. The zero-order valence-corrected chi connectivity index (χ0v) is 17.2. The molecule has 0 radical (unpaired) electrons. The highest BCUT2D eigenvalue weighted by atomic mass is 16.6. The summed E-state index contributed by atoms with van der Waals surface area (Å²) < 4.78 is 14.9. The lowest BCUT2D eigenvalue weighted by Crippen LogP contribution is -2.29. The minimum atomic E-state index is -0.763. The van der Waals surface area contributed by atoms with Crippen LogP contribution in [0.3, 0.4) is 0 Å². The van der Waals surface area contributed by atoms with Gasteiger partial charge in [0.2, 0.25) is 0 Å². The number of ether oxygens (including phenoxy) is 3. The molecule has 1 unspecified atom stereocenters. The molecule has 0 bridgehead atoms. The lowest BCUT2D eigenvalue weighted by molar-refractivity contribution is -0.164. The highest BCUT2D eigenvalue weighted by Gasteiger charge is 2.16. The molecule has 0 fully saturated rings. The molecule has 0 saturated heterocycles. The van der Waals surface area contributed by atoms with Crippen molar-refractivity contribution >= 4 is 17.9 Å². The van der Waals surface area contributed by atoms with E-state index in [0.29, 0.717) is 6.42 Å². The van der Waals surface area contributed by atoms with Gasteiger partial charge in [-0.15, -0.1) is 0 Å². The van der Waals surface area contributed by atoms with Gasteiger partial charge in [0, 0.05) is 20.3 Å². The molecule has 0 rings (SSSR count). The number of unbranched alkanes of at least 4 members (excludes halogenated alkanes) is 7. The van der Waals surface area contributed by atoms with Crippen LogP contribution in [0, 0.1) is 0 Å². The summed E-state index contributed by atoms with van der Waals surface area (Å²) in [4.78, 5) is 33.6. The van der Waals surface area contributed by atoms with Crippen molar-refractivity contribution in [2.24, 2.45) is 0 Å². The smallest absolute Gasteiger partial charge is 0.305 e. The van der Waals surface area contributed by atoms with Crippen LogP contribution in [0.2, 0.25) is 0 Å². The molecule has 27 heavy (non-hydrogen) atoms. The third-order valence-corrected chi connectivity index (χ3v) is 3.88. The standard InChI is InChI=1S/C21H36O6/c1-4-5-6-7-8-9-10-11-12-13-14-15-21(24)26-17-20(27-19(3)23)16-25-18(2)22/h7-8,20H,4-6,9-17H2,1-3H3/b8-7-. The largest absolute Gasteiger partial charge is 0.462 e. The first-order valence-electron chi connectivity index (χ1n) is 10.1. The maximum Gasteiger partial charge on any atom is 0.305 e. The van der Waals surface area contributed by atoms with Crippen LogP contribution in [0.25, 0.3) is 0 Å². The van der Waals surface area contributed by atoms with Crippen molar-refractivity contribution in [2.75, 3.05) is 13.2 Å². The number of hydrogen-bond acceptors (Lipinski definition) is 6. The van der Waals surface area contributed by atoms with E-state index in [1.165, 1.54) is 46.0 Å². The van der Waals surface area contributed by atoms with Crippen molar-refractivity contribution in [3.05, 3.63) is 12.2 Å². The van der Waals surface area contributed by atoms with Crippen molar-refractivity contribution in [3.8, 4) is 0 Å². The molecule has 0 spiro atoms. The van der Waals surface area contributed by atoms with E-state index in [0.717, 1.165) is 25.7 Å². The number of allylic oxidation sites excluding steroid dienone is 2. The second-order valence-electron chi connectivity index (χ2n) is 6.64. The molecule has 1 atom stereocenters. The third-order valence-electron chi connectivity index (χ3n) is 3.88. The monoisotopic (exact) mass is 384 g/mol. The average Bonchev–Trinajstić information content (AvgIpc) is 2.61. The molecule has 0 N–H and O–H groups in total. The molecular formula is C21H36O6. The SMILES string of the molecule is CCCC/C=C\CCCCCCCC(=O)OCC(COC(C)=O)OC(C)=O.